The highest BCUT2D eigenvalue weighted by Gasteiger charge is 2.39. The van der Waals surface area contributed by atoms with Crippen molar-refractivity contribution in [3.05, 3.63) is 71.5 Å². The fourth-order valence-electron chi connectivity index (χ4n) is 4.73. The van der Waals surface area contributed by atoms with E-state index in [0.29, 0.717) is 37.0 Å². The van der Waals surface area contributed by atoms with Gasteiger partial charge in [0.2, 0.25) is 5.91 Å². The predicted octanol–water partition coefficient (Wildman–Crippen LogP) is 2.48. The number of anilines is 2. The van der Waals surface area contributed by atoms with E-state index in [0.717, 1.165) is 30.0 Å². The van der Waals surface area contributed by atoms with Crippen molar-refractivity contribution in [1.82, 2.24) is 29.2 Å². The number of amides is 1. The van der Waals surface area contributed by atoms with E-state index in [4.69, 9.17) is 0 Å². The lowest BCUT2D eigenvalue weighted by molar-refractivity contribution is -0.137. The van der Waals surface area contributed by atoms with Crippen molar-refractivity contribution in [2.24, 2.45) is 5.92 Å². The standard InChI is InChI=1S/C26H27N7O3/c34-24(18-4-5-18)31-13-10-26(36,11-14-31)16-32-17-28-23-21(25(32)35)15-29-33(23)20-8-6-19(7-9-20)30-22-3-1-2-12-27-22/h1-3,6-9,12,15,17-18,36H,4-5,10-11,13-14,16H2,(H,27,30). The minimum Gasteiger partial charge on any atom is -0.388 e. The van der Waals surface area contributed by atoms with Gasteiger partial charge in [-0.3, -0.25) is 14.2 Å². The molecule has 1 amide bonds. The smallest absolute Gasteiger partial charge is 0.264 e. The summed E-state index contributed by atoms with van der Waals surface area (Å²) in [7, 11) is 0. The molecule has 2 aliphatic rings. The van der Waals surface area contributed by atoms with Crippen LogP contribution in [-0.4, -0.2) is 58.9 Å². The van der Waals surface area contributed by atoms with Gasteiger partial charge in [-0.25, -0.2) is 14.6 Å². The van der Waals surface area contributed by atoms with Crippen LogP contribution >= 0.6 is 0 Å². The van der Waals surface area contributed by atoms with E-state index >= 15 is 0 Å². The molecule has 0 spiro atoms. The first-order valence-electron chi connectivity index (χ1n) is 12.2. The van der Waals surface area contributed by atoms with Crippen LogP contribution < -0.4 is 10.9 Å². The second-order valence-corrected chi connectivity index (χ2v) is 9.68. The predicted molar refractivity (Wildman–Crippen MR) is 134 cm³/mol. The van der Waals surface area contributed by atoms with Crippen LogP contribution in [0.3, 0.4) is 0 Å². The molecule has 184 valence electrons. The molecule has 10 heteroatoms. The minimum absolute atomic E-state index is 0.138. The molecular formula is C26H27N7O3. The number of nitrogens with zero attached hydrogens (tertiary/aromatic N) is 6. The molecule has 0 radical (unpaired) electrons. The van der Waals surface area contributed by atoms with E-state index in [-0.39, 0.29) is 23.9 Å². The SMILES string of the molecule is O=C(C1CC1)N1CCC(O)(Cn2cnc3c(cnn3-c3ccc(Nc4ccccn4)cc3)c2=O)CC1. The summed E-state index contributed by atoms with van der Waals surface area (Å²) in [5.41, 5.74) is 0.810. The van der Waals surface area contributed by atoms with Gasteiger partial charge in [0.05, 0.1) is 24.0 Å². The molecule has 0 unspecified atom stereocenters. The van der Waals surface area contributed by atoms with Crippen molar-refractivity contribution in [3.8, 4) is 5.69 Å². The third-order valence-corrected chi connectivity index (χ3v) is 7.00. The largest absolute Gasteiger partial charge is 0.388 e. The highest BCUT2D eigenvalue weighted by atomic mass is 16.3. The fourth-order valence-corrected chi connectivity index (χ4v) is 4.73. The Balaban J connectivity index is 1.18. The molecule has 0 bridgehead atoms. The van der Waals surface area contributed by atoms with Crippen LogP contribution in [0.2, 0.25) is 0 Å². The van der Waals surface area contributed by atoms with E-state index in [1.165, 1.54) is 17.1 Å². The summed E-state index contributed by atoms with van der Waals surface area (Å²) < 4.78 is 3.08. The molecule has 1 aromatic carbocycles. The lowest BCUT2D eigenvalue weighted by Crippen LogP contribution is -2.50. The van der Waals surface area contributed by atoms with Crippen molar-refractivity contribution >= 4 is 28.4 Å². The Morgan fingerprint density at radius 2 is 1.86 bits per heavy atom. The van der Waals surface area contributed by atoms with Crippen molar-refractivity contribution in [2.75, 3.05) is 18.4 Å². The van der Waals surface area contributed by atoms with Gasteiger partial charge in [0.1, 0.15) is 17.5 Å². The molecule has 1 saturated carbocycles. The number of benzene rings is 1. The monoisotopic (exact) mass is 485 g/mol. The number of piperidine rings is 1. The molecule has 0 atom stereocenters. The molecule has 1 saturated heterocycles. The zero-order valence-electron chi connectivity index (χ0n) is 19.7. The third-order valence-electron chi connectivity index (χ3n) is 7.00. The van der Waals surface area contributed by atoms with Crippen LogP contribution in [0.15, 0.2) is 66.0 Å². The zero-order valence-corrected chi connectivity index (χ0v) is 19.7. The Kier molecular flexibility index (Phi) is 5.52. The summed E-state index contributed by atoms with van der Waals surface area (Å²) in [6, 6.07) is 13.3. The number of rotatable bonds is 6. The first kappa shape index (κ1) is 22.4. The van der Waals surface area contributed by atoms with Gasteiger partial charge < -0.3 is 15.3 Å². The number of nitrogens with one attached hydrogen (secondary N) is 1. The molecule has 2 N–H and O–H groups in total. The highest BCUT2D eigenvalue weighted by molar-refractivity contribution is 5.81. The van der Waals surface area contributed by atoms with Crippen molar-refractivity contribution in [1.29, 1.82) is 0 Å². The molecule has 6 rings (SSSR count). The summed E-state index contributed by atoms with van der Waals surface area (Å²) in [5.74, 6) is 1.12. The van der Waals surface area contributed by atoms with Crippen LogP contribution in [0.5, 0.6) is 0 Å². The molecule has 3 aromatic heterocycles. The Labute approximate surface area is 207 Å². The average Bonchev–Trinajstić information content (AvgIpc) is 3.66. The number of pyridine rings is 1. The number of carbonyl (C=O) groups is 1. The third kappa shape index (κ3) is 4.35. The summed E-state index contributed by atoms with van der Waals surface area (Å²) in [6.07, 6.45) is 7.54. The van der Waals surface area contributed by atoms with Crippen LogP contribution in [0.4, 0.5) is 11.5 Å². The summed E-state index contributed by atoms with van der Waals surface area (Å²) in [6.45, 7) is 1.16. The number of hydrogen-bond donors (Lipinski definition) is 2. The number of fused-ring (bicyclic) bond motifs is 1. The molecule has 2 fully saturated rings. The highest BCUT2D eigenvalue weighted by Crippen LogP contribution is 2.33. The van der Waals surface area contributed by atoms with Gasteiger partial charge in [0.25, 0.3) is 5.56 Å². The van der Waals surface area contributed by atoms with E-state index in [1.54, 1.807) is 10.9 Å². The lowest BCUT2D eigenvalue weighted by atomic mass is 9.91. The molecule has 10 nitrogen and oxygen atoms in total. The van der Waals surface area contributed by atoms with Crippen molar-refractivity contribution < 1.29 is 9.90 Å². The number of aliphatic hydroxyl groups is 1. The normalized spacial score (nSPS) is 17.3. The second kappa shape index (κ2) is 8.87. The van der Waals surface area contributed by atoms with Gasteiger partial charge in [-0.1, -0.05) is 6.07 Å². The zero-order chi connectivity index (χ0) is 24.7. The molecule has 36 heavy (non-hydrogen) atoms. The maximum atomic E-state index is 13.2. The molecule has 1 aliphatic heterocycles. The lowest BCUT2D eigenvalue weighted by Gasteiger charge is -2.38. The maximum Gasteiger partial charge on any atom is 0.264 e. The summed E-state index contributed by atoms with van der Waals surface area (Å²) in [4.78, 5) is 36.1. The van der Waals surface area contributed by atoms with Gasteiger partial charge in [0, 0.05) is 30.9 Å². The molecule has 1 aliphatic carbocycles. The van der Waals surface area contributed by atoms with Crippen LogP contribution in [-0.2, 0) is 11.3 Å². The second-order valence-electron chi connectivity index (χ2n) is 9.68. The summed E-state index contributed by atoms with van der Waals surface area (Å²) >= 11 is 0. The fraction of sp³-hybridized carbons (Fsp3) is 0.346. The Bertz CT molecular complexity index is 1450. The number of hydrogen-bond acceptors (Lipinski definition) is 7. The van der Waals surface area contributed by atoms with Crippen LogP contribution in [0, 0.1) is 5.92 Å². The molecular weight excluding hydrogens is 458 g/mol. The maximum absolute atomic E-state index is 13.2. The first-order chi connectivity index (χ1) is 17.5. The van der Waals surface area contributed by atoms with Gasteiger partial charge in [-0.05, 0) is 62.1 Å². The van der Waals surface area contributed by atoms with Gasteiger partial charge >= 0.3 is 0 Å². The minimum atomic E-state index is -1.05. The number of aromatic nitrogens is 5. The van der Waals surface area contributed by atoms with Crippen LogP contribution in [0.25, 0.3) is 16.7 Å². The van der Waals surface area contributed by atoms with Gasteiger partial charge in [-0.15, -0.1) is 0 Å². The van der Waals surface area contributed by atoms with Gasteiger partial charge in [0.15, 0.2) is 5.65 Å². The van der Waals surface area contributed by atoms with E-state index in [2.05, 4.69) is 20.4 Å². The number of carbonyl (C=O) groups excluding carboxylic acids is 1. The molecule has 4 aromatic rings. The van der Waals surface area contributed by atoms with E-state index in [9.17, 15) is 14.7 Å². The van der Waals surface area contributed by atoms with E-state index < -0.39 is 5.60 Å². The average molecular weight is 486 g/mol. The van der Waals surface area contributed by atoms with E-state index in [1.807, 2.05) is 47.4 Å². The quantitative estimate of drug-likeness (QED) is 0.431. The van der Waals surface area contributed by atoms with Crippen LogP contribution in [0.1, 0.15) is 25.7 Å². The Morgan fingerprint density at radius 1 is 1.08 bits per heavy atom. The first-order valence-corrected chi connectivity index (χ1v) is 12.2. The summed E-state index contributed by atoms with van der Waals surface area (Å²) in [5, 5.41) is 19.2. The Morgan fingerprint density at radius 3 is 2.56 bits per heavy atom. The molecule has 4 heterocycles. The van der Waals surface area contributed by atoms with Gasteiger partial charge in [-0.2, -0.15) is 5.10 Å². The van der Waals surface area contributed by atoms with Crippen molar-refractivity contribution in [3.63, 3.8) is 0 Å². The topological polar surface area (TPSA) is 118 Å². The van der Waals surface area contributed by atoms with Crippen molar-refractivity contribution in [2.45, 2.75) is 37.8 Å². The Hall–Kier alpha value is -4.05. The number of likely N-dealkylation sites (tertiary alicyclic amines) is 1.